The highest BCUT2D eigenvalue weighted by Crippen LogP contribution is 2.28. The lowest BCUT2D eigenvalue weighted by Crippen LogP contribution is -2.27. The van der Waals surface area contributed by atoms with Crippen LogP contribution in [0.25, 0.3) is 0 Å². The number of carbonyl (C=O) groups is 1. The first-order valence-electron chi connectivity index (χ1n) is 13.0. The van der Waals surface area contributed by atoms with E-state index in [-0.39, 0.29) is 19.0 Å². The molecular weight excluding hydrogens is 496 g/mol. The van der Waals surface area contributed by atoms with Crippen LogP contribution in [-0.4, -0.2) is 62.1 Å². The standard InChI is InChI=1S/C30H34N4O5/c31-28(32)25-12-13-26(37-17-16-36-21-22-6-2-1-3-7-22)27(20-25)38-18-19-39-30(35)24-10-8-23(9-11-24)29(33)34-14-4-5-15-34/h1-3,6-13,20,33H,4-5,14-19,21H2,(H3,31,32). The SMILES string of the molecule is N=C(N)c1ccc(OCCOCc2ccccc2)c(OCCOC(=O)c2ccc(C(=N)N3CCCC3)cc2)c1. The second-order valence-corrected chi connectivity index (χ2v) is 9.07. The van der Waals surface area contributed by atoms with Crippen LogP contribution in [0.3, 0.4) is 0 Å². The minimum atomic E-state index is -0.470. The fraction of sp³-hybridized carbons (Fsp3) is 0.300. The van der Waals surface area contributed by atoms with E-state index in [1.54, 1.807) is 42.5 Å². The molecule has 204 valence electrons. The van der Waals surface area contributed by atoms with Crippen molar-refractivity contribution in [2.24, 2.45) is 5.73 Å². The molecule has 1 heterocycles. The highest BCUT2D eigenvalue weighted by molar-refractivity contribution is 5.98. The first kappa shape index (κ1) is 27.7. The van der Waals surface area contributed by atoms with Crippen molar-refractivity contribution in [2.75, 3.05) is 39.5 Å². The zero-order chi connectivity index (χ0) is 27.5. The predicted molar refractivity (Wildman–Crippen MR) is 149 cm³/mol. The van der Waals surface area contributed by atoms with E-state index < -0.39 is 5.97 Å². The number of amidine groups is 2. The Kier molecular flexibility index (Phi) is 9.91. The van der Waals surface area contributed by atoms with Crippen LogP contribution >= 0.6 is 0 Å². The molecule has 0 aromatic heterocycles. The molecular formula is C30H34N4O5. The van der Waals surface area contributed by atoms with E-state index in [0.29, 0.717) is 48.3 Å². The van der Waals surface area contributed by atoms with Crippen molar-refractivity contribution in [3.8, 4) is 11.5 Å². The molecule has 0 unspecified atom stereocenters. The number of esters is 1. The summed E-state index contributed by atoms with van der Waals surface area (Å²) in [6.07, 6.45) is 2.20. The lowest BCUT2D eigenvalue weighted by molar-refractivity contribution is 0.0447. The Hall–Kier alpha value is -4.37. The maximum absolute atomic E-state index is 12.5. The van der Waals surface area contributed by atoms with E-state index in [9.17, 15) is 4.79 Å². The monoisotopic (exact) mass is 530 g/mol. The number of hydrogen-bond acceptors (Lipinski definition) is 7. The highest BCUT2D eigenvalue weighted by atomic mass is 16.6. The zero-order valence-electron chi connectivity index (χ0n) is 21.9. The van der Waals surface area contributed by atoms with Crippen LogP contribution < -0.4 is 15.2 Å². The van der Waals surface area contributed by atoms with E-state index >= 15 is 0 Å². The van der Waals surface area contributed by atoms with Crippen molar-refractivity contribution >= 4 is 17.6 Å². The van der Waals surface area contributed by atoms with Crippen molar-refractivity contribution in [1.82, 2.24) is 4.90 Å². The molecule has 0 atom stereocenters. The summed E-state index contributed by atoms with van der Waals surface area (Å²) in [6.45, 7) is 3.09. The van der Waals surface area contributed by atoms with Gasteiger partial charge in [0.2, 0.25) is 0 Å². The lowest BCUT2D eigenvalue weighted by atomic mass is 10.1. The number of nitrogens with two attached hydrogens (primary N) is 1. The Bertz CT molecular complexity index is 1260. The van der Waals surface area contributed by atoms with E-state index in [4.69, 9.17) is 35.5 Å². The van der Waals surface area contributed by atoms with Gasteiger partial charge in [0, 0.05) is 24.2 Å². The van der Waals surface area contributed by atoms with E-state index in [1.165, 1.54) is 0 Å². The molecule has 1 aliphatic rings. The van der Waals surface area contributed by atoms with E-state index in [0.717, 1.165) is 37.1 Å². The molecule has 3 aromatic carbocycles. The van der Waals surface area contributed by atoms with Crippen molar-refractivity contribution in [1.29, 1.82) is 10.8 Å². The van der Waals surface area contributed by atoms with E-state index in [1.807, 2.05) is 35.2 Å². The third-order valence-corrected chi connectivity index (χ3v) is 6.24. The summed E-state index contributed by atoms with van der Waals surface area (Å²) >= 11 is 0. The average Bonchev–Trinajstić information content (AvgIpc) is 3.51. The number of nitrogen functional groups attached to an aromatic ring is 1. The van der Waals surface area contributed by atoms with Crippen LogP contribution in [0, 0.1) is 10.8 Å². The van der Waals surface area contributed by atoms with Crippen LogP contribution in [0.1, 0.15) is 39.9 Å². The summed E-state index contributed by atoms with van der Waals surface area (Å²) in [5.74, 6) is 0.791. The van der Waals surface area contributed by atoms with Gasteiger partial charge in [-0.1, -0.05) is 42.5 Å². The molecule has 0 aliphatic carbocycles. The van der Waals surface area contributed by atoms with Crippen LogP contribution in [0.2, 0.25) is 0 Å². The fourth-order valence-corrected chi connectivity index (χ4v) is 4.14. The van der Waals surface area contributed by atoms with Crippen molar-refractivity contribution in [2.45, 2.75) is 19.4 Å². The van der Waals surface area contributed by atoms with Crippen molar-refractivity contribution in [3.05, 3.63) is 95.1 Å². The molecule has 0 radical (unpaired) electrons. The summed E-state index contributed by atoms with van der Waals surface area (Å²) in [5.41, 5.74) is 8.40. The summed E-state index contributed by atoms with van der Waals surface area (Å²) in [7, 11) is 0. The first-order chi connectivity index (χ1) is 19.0. The number of rotatable bonds is 13. The molecule has 39 heavy (non-hydrogen) atoms. The van der Waals surface area contributed by atoms with Crippen molar-refractivity contribution < 1.29 is 23.7 Å². The Morgan fingerprint density at radius 3 is 2.13 bits per heavy atom. The fourth-order valence-electron chi connectivity index (χ4n) is 4.14. The van der Waals surface area contributed by atoms with Gasteiger partial charge in [-0.05, 0) is 48.7 Å². The van der Waals surface area contributed by atoms with Gasteiger partial charge in [-0.2, -0.15) is 0 Å². The first-order valence-corrected chi connectivity index (χ1v) is 13.0. The van der Waals surface area contributed by atoms with Gasteiger partial charge >= 0.3 is 5.97 Å². The lowest BCUT2D eigenvalue weighted by Gasteiger charge is -2.18. The maximum atomic E-state index is 12.5. The molecule has 9 heteroatoms. The number of nitrogens with zero attached hydrogens (tertiary/aromatic N) is 1. The molecule has 1 aliphatic heterocycles. The molecule has 4 rings (SSSR count). The maximum Gasteiger partial charge on any atom is 0.338 e. The topological polar surface area (TPSA) is 131 Å². The Labute approximate surface area is 228 Å². The summed E-state index contributed by atoms with van der Waals surface area (Å²) in [6, 6.07) is 21.8. The molecule has 4 N–H and O–H groups in total. The Balaban J connectivity index is 1.24. The quantitative estimate of drug-likeness (QED) is 0.130. The number of benzene rings is 3. The summed E-state index contributed by atoms with van der Waals surface area (Å²) in [4.78, 5) is 14.5. The number of ether oxygens (including phenoxy) is 4. The second-order valence-electron chi connectivity index (χ2n) is 9.07. The second kappa shape index (κ2) is 14.0. The van der Waals surface area contributed by atoms with Gasteiger partial charge in [0.05, 0.1) is 18.8 Å². The Morgan fingerprint density at radius 2 is 1.41 bits per heavy atom. The van der Waals surface area contributed by atoms with Gasteiger partial charge in [0.1, 0.15) is 31.5 Å². The van der Waals surface area contributed by atoms with Gasteiger partial charge in [0.15, 0.2) is 11.5 Å². The molecule has 0 saturated carbocycles. The number of carbonyl (C=O) groups excluding carboxylic acids is 1. The van der Waals surface area contributed by atoms with Crippen LogP contribution in [-0.2, 0) is 16.1 Å². The number of likely N-dealkylation sites (tertiary alicyclic amines) is 1. The van der Waals surface area contributed by atoms with Crippen molar-refractivity contribution in [3.63, 3.8) is 0 Å². The molecule has 1 saturated heterocycles. The Morgan fingerprint density at radius 1 is 0.769 bits per heavy atom. The number of hydrogen-bond donors (Lipinski definition) is 3. The van der Waals surface area contributed by atoms with Gasteiger partial charge in [0.25, 0.3) is 0 Å². The smallest absolute Gasteiger partial charge is 0.338 e. The van der Waals surface area contributed by atoms with Gasteiger partial charge in [-0.3, -0.25) is 10.8 Å². The molecule has 9 nitrogen and oxygen atoms in total. The minimum absolute atomic E-state index is 0.0219. The average molecular weight is 531 g/mol. The summed E-state index contributed by atoms with van der Waals surface area (Å²) in [5, 5.41) is 16.0. The number of nitrogens with one attached hydrogen (secondary N) is 2. The van der Waals surface area contributed by atoms with Gasteiger partial charge in [-0.15, -0.1) is 0 Å². The van der Waals surface area contributed by atoms with Gasteiger partial charge in [-0.25, -0.2) is 4.79 Å². The zero-order valence-corrected chi connectivity index (χ0v) is 21.9. The third kappa shape index (κ3) is 8.05. The van der Waals surface area contributed by atoms with Gasteiger partial charge < -0.3 is 29.6 Å². The molecule has 0 bridgehead atoms. The minimum Gasteiger partial charge on any atom is -0.487 e. The van der Waals surface area contributed by atoms with Crippen LogP contribution in [0.5, 0.6) is 11.5 Å². The highest BCUT2D eigenvalue weighted by Gasteiger charge is 2.17. The largest absolute Gasteiger partial charge is 0.487 e. The normalized spacial score (nSPS) is 12.7. The third-order valence-electron chi connectivity index (χ3n) is 6.24. The predicted octanol–water partition coefficient (Wildman–Crippen LogP) is 4.22. The molecule has 0 spiro atoms. The molecule has 1 fully saturated rings. The molecule has 3 aromatic rings. The molecule has 0 amide bonds. The summed E-state index contributed by atoms with van der Waals surface area (Å²) < 4.78 is 22.7. The van der Waals surface area contributed by atoms with E-state index in [2.05, 4.69) is 0 Å². The van der Waals surface area contributed by atoms with Crippen LogP contribution in [0.4, 0.5) is 0 Å². The van der Waals surface area contributed by atoms with Crippen LogP contribution in [0.15, 0.2) is 72.8 Å².